The molecule has 2 rings (SSSR count). The maximum Gasteiger partial charge on any atom is 0.131 e. The van der Waals surface area contributed by atoms with Crippen LogP contribution in [-0.4, -0.2) is 9.78 Å². The summed E-state index contributed by atoms with van der Waals surface area (Å²) in [7, 11) is 0. The lowest BCUT2D eigenvalue weighted by atomic mass is 10.3. The third kappa shape index (κ3) is 3.42. The number of hydrogen-bond donors (Lipinski definition) is 0. The molecule has 1 aromatic heterocycles. The summed E-state index contributed by atoms with van der Waals surface area (Å²) in [5, 5.41) is 5.21. The lowest BCUT2D eigenvalue weighted by Gasteiger charge is -2.08. The van der Waals surface area contributed by atoms with Gasteiger partial charge in [0.05, 0.1) is 16.4 Å². The standard InChI is InChI=1S/C14H16ClIN2O/c1-3-12-14(15)13(18(4-2)17-12)9-19-11-7-5-6-10(16)8-11/h5-8H,3-4,9H2,1-2H3. The summed E-state index contributed by atoms with van der Waals surface area (Å²) in [5.41, 5.74) is 1.88. The number of aromatic nitrogens is 2. The zero-order chi connectivity index (χ0) is 13.8. The number of aryl methyl sites for hydroxylation is 2. The molecule has 0 unspecified atom stereocenters. The molecule has 0 saturated carbocycles. The summed E-state index contributed by atoms with van der Waals surface area (Å²) in [4.78, 5) is 0. The second-order valence-electron chi connectivity index (χ2n) is 4.12. The molecular weight excluding hydrogens is 375 g/mol. The first-order valence-corrected chi connectivity index (χ1v) is 7.73. The van der Waals surface area contributed by atoms with E-state index in [1.165, 1.54) is 0 Å². The van der Waals surface area contributed by atoms with Crippen LogP contribution in [0, 0.1) is 3.57 Å². The molecule has 0 saturated heterocycles. The van der Waals surface area contributed by atoms with E-state index in [4.69, 9.17) is 16.3 Å². The van der Waals surface area contributed by atoms with E-state index in [2.05, 4.69) is 41.5 Å². The summed E-state index contributed by atoms with van der Waals surface area (Å²) in [5.74, 6) is 0.852. The Kier molecular flexibility index (Phi) is 5.10. The molecule has 0 spiro atoms. The lowest BCUT2D eigenvalue weighted by molar-refractivity contribution is 0.292. The number of halogens is 2. The monoisotopic (exact) mass is 390 g/mol. The Hall–Kier alpha value is -0.750. The Balaban J connectivity index is 2.17. The SMILES string of the molecule is CCc1nn(CC)c(COc2cccc(I)c2)c1Cl. The van der Waals surface area contributed by atoms with Gasteiger partial charge in [0.25, 0.3) is 0 Å². The summed E-state index contributed by atoms with van der Waals surface area (Å²) < 4.78 is 8.87. The Morgan fingerprint density at radius 1 is 1.37 bits per heavy atom. The normalized spacial score (nSPS) is 10.7. The van der Waals surface area contributed by atoms with Crippen molar-refractivity contribution < 1.29 is 4.74 Å². The fourth-order valence-electron chi connectivity index (χ4n) is 1.86. The second-order valence-corrected chi connectivity index (χ2v) is 5.75. The predicted molar refractivity (Wildman–Crippen MR) is 85.8 cm³/mol. The highest BCUT2D eigenvalue weighted by Gasteiger charge is 2.14. The molecule has 19 heavy (non-hydrogen) atoms. The first kappa shape index (κ1) is 14.7. The zero-order valence-electron chi connectivity index (χ0n) is 11.0. The molecule has 102 valence electrons. The van der Waals surface area contributed by atoms with Gasteiger partial charge in [-0.2, -0.15) is 5.10 Å². The quantitative estimate of drug-likeness (QED) is 0.712. The second kappa shape index (κ2) is 6.61. The van der Waals surface area contributed by atoms with Crippen molar-refractivity contribution >= 4 is 34.2 Å². The molecule has 0 bridgehead atoms. The molecule has 1 aromatic carbocycles. The summed E-state index contributed by atoms with van der Waals surface area (Å²) >= 11 is 8.61. The van der Waals surface area contributed by atoms with E-state index >= 15 is 0 Å². The minimum absolute atomic E-state index is 0.444. The minimum Gasteiger partial charge on any atom is -0.487 e. The number of ether oxygens (including phenoxy) is 1. The molecule has 5 heteroatoms. The van der Waals surface area contributed by atoms with Gasteiger partial charge in [0, 0.05) is 10.1 Å². The summed E-state index contributed by atoms with van der Waals surface area (Å²) in [6, 6.07) is 7.96. The third-order valence-corrected chi connectivity index (χ3v) is 3.97. The molecular formula is C14H16ClIN2O. The van der Waals surface area contributed by atoms with E-state index in [9.17, 15) is 0 Å². The molecule has 0 fully saturated rings. The topological polar surface area (TPSA) is 27.1 Å². The molecule has 0 aliphatic heterocycles. The molecule has 0 aliphatic carbocycles. The fraction of sp³-hybridized carbons (Fsp3) is 0.357. The van der Waals surface area contributed by atoms with Gasteiger partial charge in [0.1, 0.15) is 12.4 Å². The fourth-order valence-corrected chi connectivity index (χ4v) is 2.70. The lowest BCUT2D eigenvalue weighted by Crippen LogP contribution is -2.06. The van der Waals surface area contributed by atoms with Crippen molar-refractivity contribution in [1.82, 2.24) is 9.78 Å². The number of rotatable bonds is 5. The van der Waals surface area contributed by atoms with E-state index in [1.807, 2.05) is 28.9 Å². The Labute approximate surface area is 132 Å². The van der Waals surface area contributed by atoms with Gasteiger partial charge in [0.2, 0.25) is 0 Å². The average molecular weight is 391 g/mol. The van der Waals surface area contributed by atoms with Crippen LogP contribution in [-0.2, 0) is 19.6 Å². The van der Waals surface area contributed by atoms with Crippen LogP contribution in [0.25, 0.3) is 0 Å². The van der Waals surface area contributed by atoms with Crippen LogP contribution in [0.2, 0.25) is 5.02 Å². The first-order chi connectivity index (χ1) is 9.15. The molecule has 0 aliphatic rings. The van der Waals surface area contributed by atoms with Crippen molar-refractivity contribution in [3.8, 4) is 5.75 Å². The van der Waals surface area contributed by atoms with Crippen LogP contribution in [0.1, 0.15) is 25.2 Å². The van der Waals surface area contributed by atoms with Gasteiger partial charge in [-0.25, -0.2) is 0 Å². The molecule has 0 N–H and O–H groups in total. The van der Waals surface area contributed by atoms with E-state index in [-0.39, 0.29) is 0 Å². The average Bonchev–Trinajstić information content (AvgIpc) is 2.72. The Morgan fingerprint density at radius 2 is 2.16 bits per heavy atom. The molecule has 0 radical (unpaired) electrons. The van der Waals surface area contributed by atoms with E-state index < -0.39 is 0 Å². The highest BCUT2D eigenvalue weighted by molar-refractivity contribution is 14.1. The van der Waals surface area contributed by atoms with Crippen molar-refractivity contribution in [2.24, 2.45) is 0 Å². The Bertz CT molecular complexity index is 569. The molecule has 2 aromatic rings. The molecule has 3 nitrogen and oxygen atoms in total. The number of nitrogens with zero attached hydrogens (tertiary/aromatic N) is 2. The predicted octanol–water partition coefficient (Wildman–Crippen LogP) is 4.30. The van der Waals surface area contributed by atoms with Gasteiger partial charge < -0.3 is 4.74 Å². The van der Waals surface area contributed by atoms with Gasteiger partial charge >= 0.3 is 0 Å². The van der Waals surface area contributed by atoms with Crippen molar-refractivity contribution in [2.75, 3.05) is 0 Å². The van der Waals surface area contributed by atoms with Crippen molar-refractivity contribution in [2.45, 2.75) is 33.4 Å². The highest BCUT2D eigenvalue weighted by Crippen LogP contribution is 2.24. The van der Waals surface area contributed by atoms with Gasteiger partial charge in [0.15, 0.2) is 0 Å². The van der Waals surface area contributed by atoms with Crippen molar-refractivity contribution in [1.29, 1.82) is 0 Å². The van der Waals surface area contributed by atoms with E-state index in [1.54, 1.807) is 0 Å². The Morgan fingerprint density at radius 3 is 2.79 bits per heavy atom. The largest absolute Gasteiger partial charge is 0.487 e. The van der Waals surface area contributed by atoms with Crippen LogP contribution in [0.15, 0.2) is 24.3 Å². The van der Waals surface area contributed by atoms with Crippen LogP contribution in [0.4, 0.5) is 0 Å². The van der Waals surface area contributed by atoms with Crippen LogP contribution < -0.4 is 4.74 Å². The van der Waals surface area contributed by atoms with Gasteiger partial charge in [-0.05, 0) is 54.1 Å². The van der Waals surface area contributed by atoms with Gasteiger partial charge in [-0.1, -0.05) is 24.6 Å². The summed E-state index contributed by atoms with van der Waals surface area (Å²) in [6.07, 6.45) is 0.835. The van der Waals surface area contributed by atoms with E-state index in [0.717, 1.165) is 38.7 Å². The van der Waals surface area contributed by atoms with Crippen molar-refractivity contribution in [3.05, 3.63) is 44.2 Å². The number of hydrogen-bond acceptors (Lipinski definition) is 2. The maximum atomic E-state index is 6.34. The molecule has 0 atom stereocenters. The van der Waals surface area contributed by atoms with Gasteiger partial charge in [-0.15, -0.1) is 0 Å². The van der Waals surface area contributed by atoms with Crippen LogP contribution >= 0.6 is 34.2 Å². The van der Waals surface area contributed by atoms with Crippen LogP contribution in [0.3, 0.4) is 0 Å². The summed E-state index contributed by atoms with van der Waals surface area (Å²) in [6.45, 7) is 5.35. The molecule has 0 amide bonds. The highest BCUT2D eigenvalue weighted by atomic mass is 127. The third-order valence-electron chi connectivity index (χ3n) is 2.87. The maximum absolute atomic E-state index is 6.34. The molecule has 1 heterocycles. The minimum atomic E-state index is 0.444. The number of benzene rings is 1. The van der Waals surface area contributed by atoms with Crippen molar-refractivity contribution in [3.63, 3.8) is 0 Å². The van der Waals surface area contributed by atoms with Gasteiger partial charge in [-0.3, -0.25) is 4.68 Å². The zero-order valence-corrected chi connectivity index (χ0v) is 13.9. The first-order valence-electron chi connectivity index (χ1n) is 6.28. The smallest absolute Gasteiger partial charge is 0.131 e. The van der Waals surface area contributed by atoms with E-state index in [0.29, 0.717) is 6.61 Å². The van der Waals surface area contributed by atoms with Crippen LogP contribution in [0.5, 0.6) is 5.75 Å².